The van der Waals surface area contributed by atoms with Crippen LogP contribution in [0.4, 0.5) is 13.6 Å². The van der Waals surface area contributed by atoms with Crippen LogP contribution in [-0.2, 0) is 11.3 Å². The molecular weight excluding hydrogens is 481 g/mol. The SMILES string of the molecule is CCNC(=NCc1cc(F)ccc1F)N1CCC(NC(=O)OC(C)(C)C)C1.I. The summed E-state index contributed by atoms with van der Waals surface area (Å²) in [7, 11) is 0. The molecule has 2 N–H and O–H groups in total. The second-order valence-electron chi connectivity index (χ2n) is 7.48. The average Bonchev–Trinajstić information content (AvgIpc) is 3.00. The Morgan fingerprint density at radius 3 is 2.71 bits per heavy atom. The Kier molecular flexibility index (Phi) is 9.38. The Morgan fingerprint density at radius 2 is 2.07 bits per heavy atom. The Hall–Kier alpha value is -1.65. The van der Waals surface area contributed by atoms with Gasteiger partial charge in [-0.05, 0) is 52.3 Å². The number of halogens is 3. The molecule has 0 aliphatic carbocycles. The third kappa shape index (κ3) is 7.76. The summed E-state index contributed by atoms with van der Waals surface area (Å²) in [5, 5.41) is 6.01. The zero-order valence-electron chi connectivity index (χ0n) is 16.7. The van der Waals surface area contributed by atoms with Crippen molar-refractivity contribution in [2.45, 2.75) is 52.3 Å². The van der Waals surface area contributed by atoms with Crippen LogP contribution in [0.1, 0.15) is 39.7 Å². The molecule has 1 aromatic rings. The number of rotatable bonds is 4. The third-order valence-electron chi connectivity index (χ3n) is 3.95. The predicted molar refractivity (Wildman–Crippen MR) is 116 cm³/mol. The third-order valence-corrected chi connectivity index (χ3v) is 3.95. The molecule has 1 unspecified atom stereocenters. The van der Waals surface area contributed by atoms with Gasteiger partial charge in [0.2, 0.25) is 0 Å². The zero-order chi connectivity index (χ0) is 20.0. The van der Waals surface area contributed by atoms with Crippen LogP contribution >= 0.6 is 24.0 Å². The topological polar surface area (TPSA) is 66.0 Å². The van der Waals surface area contributed by atoms with E-state index in [0.717, 1.165) is 24.6 Å². The van der Waals surface area contributed by atoms with Crippen LogP contribution in [0.5, 0.6) is 0 Å². The minimum absolute atomic E-state index is 0. The molecule has 0 spiro atoms. The van der Waals surface area contributed by atoms with Crippen LogP contribution in [-0.4, -0.2) is 48.2 Å². The normalized spacial score (nSPS) is 17.1. The molecule has 158 valence electrons. The number of guanidine groups is 1. The van der Waals surface area contributed by atoms with E-state index in [2.05, 4.69) is 15.6 Å². The molecule has 1 atom stereocenters. The van der Waals surface area contributed by atoms with E-state index >= 15 is 0 Å². The van der Waals surface area contributed by atoms with E-state index in [0.29, 0.717) is 25.6 Å². The number of amides is 1. The Balaban J connectivity index is 0.00000392. The average molecular weight is 510 g/mol. The summed E-state index contributed by atoms with van der Waals surface area (Å²) in [5.74, 6) is -0.370. The minimum atomic E-state index is -0.548. The fourth-order valence-corrected chi connectivity index (χ4v) is 2.80. The monoisotopic (exact) mass is 510 g/mol. The largest absolute Gasteiger partial charge is 0.444 e. The van der Waals surface area contributed by atoms with Crippen LogP contribution in [0.3, 0.4) is 0 Å². The number of ether oxygens (including phenoxy) is 1. The summed E-state index contributed by atoms with van der Waals surface area (Å²) in [6, 6.07) is 3.28. The number of carbonyl (C=O) groups excluding carboxylic acids is 1. The highest BCUT2D eigenvalue weighted by atomic mass is 127. The van der Waals surface area contributed by atoms with Gasteiger partial charge < -0.3 is 20.3 Å². The maximum Gasteiger partial charge on any atom is 0.407 e. The number of likely N-dealkylation sites (tertiary alicyclic amines) is 1. The number of carbonyl (C=O) groups is 1. The molecule has 28 heavy (non-hydrogen) atoms. The molecule has 0 bridgehead atoms. The maximum atomic E-state index is 13.8. The molecule has 1 aromatic carbocycles. The molecule has 2 rings (SSSR count). The highest BCUT2D eigenvalue weighted by molar-refractivity contribution is 14.0. The highest BCUT2D eigenvalue weighted by Gasteiger charge is 2.27. The second-order valence-corrected chi connectivity index (χ2v) is 7.48. The van der Waals surface area contributed by atoms with Crippen LogP contribution < -0.4 is 10.6 Å². The van der Waals surface area contributed by atoms with Crippen LogP contribution in [0.15, 0.2) is 23.2 Å². The van der Waals surface area contributed by atoms with Crippen molar-refractivity contribution in [3.05, 3.63) is 35.4 Å². The number of hydrogen-bond acceptors (Lipinski definition) is 3. The smallest absolute Gasteiger partial charge is 0.407 e. The molecule has 0 saturated carbocycles. The van der Waals surface area contributed by atoms with Gasteiger partial charge in [0.1, 0.15) is 17.2 Å². The first kappa shape index (κ1) is 24.4. The van der Waals surface area contributed by atoms with Crippen LogP contribution in [0, 0.1) is 11.6 Å². The van der Waals surface area contributed by atoms with Gasteiger partial charge in [0.25, 0.3) is 0 Å². The van der Waals surface area contributed by atoms with E-state index in [9.17, 15) is 13.6 Å². The van der Waals surface area contributed by atoms with Crippen molar-refractivity contribution < 1.29 is 18.3 Å². The van der Waals surface area contributed by atoms with Gasteiger partial charge in [0.15, 0.2) is 5.96 Å². The van der Waals surface area contributed by atoms with Crippen molar-refractivity contribution in [1.82, 2.24) is 15.5 Å². The first-order valence-corrected chi connectivity index (χ1v) is 9.14. The molecule has 9 heteroatoms. The highest BCUT2D eigenvalue weighted by Crippen LogP contribution is 2.14. The van der Waals surface area contributed by atoms with Crippen molar-refractivity contribution >= 4 is 36.0 Å². The number of nitrogens with one attached hydrogen (secondary N) is 2. The van der Waals surface area contributed by atoms with E-state index in [-0.39, 0.29) is 42.1 Å². The van der Waals surface area contributed by atoms with Gasteiger partial charge in [-0.3, -0.25) is 0 Å². The number of aliphatic imine (C=N–C) groups is 1. The van der Waals surface area contributed by atoms with Gasteiger partial charge in [-0.1, -0.05) is 0 Å². The van der Waals surface area contributed by atoms with E-state index < -0.39 is 23.3 Å². The Bertz CT molecular complexity index is 695. The lowest BCUT2D eigenvalue weighted by Crippen LogP contribution is -2.44. The molecule has 1 saturated heterocycles. The summed E-state index contributed by atoms with van der Waals surface area (Å²) >= 11 is 0. The lowest BCUT2D eigenvalue weighted by molar-refractivity contribution is 0.0507. The van der Waals surface area contributed by atoms with E-state index in [1.165, 1.54) is 0 Å². The number of alkyl carbamates (subject to hydrolysis) is 1. The second kappa shape index (κ2) is 10.8. The predicted octanol–water partition coefficient (Wildman–Crippen LogP) is 3.65. The molecule has 0 aromatic heterocycles. The maximum absolute atomic E-state index is 13.8. The van der Waals surface area contributed by atoms with Crippen molar-refractivity contribution in [2.75, 3.05) is 19.6 Å². The summed E-state index contributed by atoms with van der Waals surface area (Å²) in [6.07, 6.45) is 0.302. The lowest BCUT2D eigenvalue weighted by Gasteiger charge is -2.23. The van der Waals surface area contributed by atoms with Crippen molar-refractivity contribution in [3.63, 3.8) is 0 Å². The van der Waals surface area contributed by atoms with E-state index in [1.54, 1.807) is 0 Å². The first-order valence-electron chi connectivity index (χ1n) is 9.14. The molecule has 1 heterocycles. The fourth-order valence-electron chi connectivity index (χ4n) is 2.80. The summed E-state index contributed by atoms with van der Waals surface area (Å²) in [4.78, 5) is 18.3. The summed E-state index contributed by atoms with van der Waals surface area (Å²) in [6.45, 7) is 9.32. The standard InChI is InChI=1S/C19H28F2N4O2.HI/c1-5-22-17(23-11-13-10-14(20)6-7-16(13)21)25-9-8-15(12-25)24-18(26)27-19(2,3)4;/h6-7,10,15H,5,8-9,11-12H2,1-4H3,(H,22,23)(H,24,26);1H. The van der Waals surface area contributed by atoms with Gasteiger partial charge in [-0.25, -0.2) is 18.6 Å². The molecule has 0 radical (unpaired) electrons. The van der Waals surface area contributed by atoms with Crippen LogP contribution in [0.25, 0.3) is 0 Å². The van der Waals surface area contributed by atoms with Crippen LogP contribution in [0.2, 0.25) is 0 Å². The van der Waals surface area contributed by atoms with E-state index in [1.807, 2.05) is 32.6 Å². The number of hydrogen-bond donors (Lipinski definition) is 2. The van der Waals surface area contributed by atoms with Crippen molar-refractivity contribution in [2.24, 2.45) is 4.99 Å². The van der Waals surface area contributed by atoms with Crippen molar-refractivity contribution in [1.29, 1.82) is 0 Å². The summed E-state index contributed by atoms with van der Waals surface area (Å²) in [5.41, 5.74) is -0.346. The van der Waals surface area contributed by atoms with Gasteiger partial charge in [0, 0.05) is 25.2 Å². The van der Waals surface area contributed by atoms with Gasteiger partial charge in [-0.15, -0.1) is 24.0 Å². The van der Waals surface area contributed by atoms with Gasteiger partial charge in [0.05, 0.1) is 12.6 Å². The number of nitrogens with zero attached hydrogens (tertiary/aromatic N) is 2. The van der Waals surface area contributed by atoms with Gasteiger partial charge >= 0.3 is 6.09 Å². The first-order chi connectivity index (χ1) is 12.7. The summed E-state index contributed by atoms with van der Waals surface area (Å²) < 4.78 is 32.4. The zero-order valence-corrected chi connectivity index (χ0v) is 19.1. The molecule has 1 amide bonds. The minimum Gasteiger partial charge on any atom is -0.444 e. The molecule has 6 nitrogen and oxygen atoms in total. The lowest BCUT2D eigenvalue weighted by atomic mass is 10.2. The Morgan fingerprint density at radius 1 is 1.36 bits per heavy atom. The molecular formula is C19H29F2IN4O2. The quantitative estimate of drug-likeness (QED) is 0.369. The van der Waals surface area contributed by atoms with Gasteiger partial charge in [-0.2, -0.15) is 0 Å². The fraction of sp³-hybridized carbons (Fsp3) is 0.579. The Labute approximate surface area is 182 Å². The number of benzene rings is 1. The van der Waals surface area contributed by atoms with Crippen molar-refractivity contribution in [3.8, 4) is 0 Å². The van der Waals surface area contributed by atoms with E-state index in [4.69, 9.17) is 4.74 Å². The molecule has 1 aliphatic rings. The molecule has 1 fully saturated rings. The molecule has 1 aliphatic heterocycles.